The molecule has 0 aromatic heterocycles. The Morgan fingerprint density at radius 2 is 0.909 bits per heavy atom. The van der Waals surface area contributed by atoms with Gasteiger partial charge in [-0.25, -0.2) is 9.80 Å². The van der Waals surface area contributed by atoms with Crippen LogP contribution in [0.3, 0.4) is 0 Å². The molecule has 0 unspecified atom stereocenters. The average molecular weight is 599 g/mol. The van der Waals surface area contributed by atoms with Gasteiger partial charge >= 0.3 is 11.9 Å². The van der Waals surface area contributed by atoms with Crippen molar-refractivity contribution in [3.05, 3.63) is 59.7 Å². The Kier molecular flexibility index (Phi) is 5.31. The van der Waals surface area contributed by atoms with Crippen LogP contribution in [0.5, 0.6) is 0 Å². The molecule has 2 aromatic rings. The van der Waals surface area contributed by atoms with E-state index in [-0.39, 0.29) is 35.3 Å². The van der Waals surface area contributed by atoms with Crippen molar-refractivity contribution in [3.8, 4) is 0 Å². The lowest BCUT2D eigenvalue weighted by molar-refractivity contribution is -0.166. The second-order valence-electron chi connectivity index (χ2n) is 14.3. The SMILES string of the molecule is CC1(C)[C@@]2(C)CC[C@]1(C(=O)N1C(=O)c3ccccc3N(C(=O)[C@@]34CC[C@@](C)(C(=O)O3)C4(C)C)C(=O)c3ccccc31)OC2=O. The molecule has 10 heteroatoms. The monoisotopic (exact) mass is 598 g/mol. The number of amides is 4. The highest BCUT2D eigenvalue weighted by atomic mass is 16.6. The van der Waals surface area contributed by atoms with Crippen molar-refractivity contribution in [3.63, 3.8) is 0 Å². The van der Waals surface area contributed by atoms with E-state index in [1.807, 2.05) is 0 Å². The van der Waals surface area contributed by atoms with Crippen LogP contribution in [0.15, 0.2) is 48.5 Å². The van der Waals surface area contributed by atoms with Crippen LogP contribution in [0.4, 0.5) is 11.4 Å². The van der Waals surface area contributed by atoms with Gasteiger partial charge in [-0.05, 0) is 63.8 Å². The van der Waals surface area contributed by atoms with Gasteiger partial charge in [-0.3, -0.25) is 28.8 Å². The van der Waals surface area contributed by atoms with Crippen molar-refractivity contribution in [2.24, 2.45) is 21.7 Å². The standard InChI is InChI=1S/C34H34N2O8/c1-29(2)31(5)15-17-33(29,43-27(31)41)25(39)35-21-13-9-7-11-19(21)24(38)36(22-14-10-8-12-20(22)23(35)37)26(40)34-18-16-32(6,28(42)44-34)30(34,3)4/h7-14H,15-18H2,1-6H3/t31-,32-,33+,34+/m0/s1. The summed E-state index contributed by atoms with van der Waals surface area (Å²) >= 11 is 0. The van der Waals surface area contributed by atoms with Crippen molar-refractivity contribution in [1.82, 2.24) is 0 Å². The van der Waals surface area contributed by atoms with E-state index < -0.39 is 68.4 Å². The molecule has 2 aromatic carbocycles. The number of carbonyl (C=O) groups is 6. The maximum Gasteiger partial charge on any atom is 0.313 e. The summed E-state index contributed by atoms with van der Waals surface area (Å²) in [6.07, 6.45) is 1.24. The van der Waals surface area contributed by atoms with Crippen molar-refractivity contribution >= 4 is 46.9 Å². The minimum Gasteiger partial charge on any atom is -0.448 e. The predicted octanol–water partition coefficient (Wildman–Crippen LogP) is 4.59. The summed E-state index contributed by atoms with van der Waals surface area (Å²) in [5.74, 6) is -4.04. The Morgan fingerprint density at radius 1 is 0.568 bits per heavy atom. The number of ether oxygens (including phenoxy) is 2. The lowest BCUT2D eigenvalue weighted by Gasteiger charge is -2.41. The number of rotatable bonds is 2. The van der Waals surface area contributed by atoms with E-state index in [1.54, 1.807) is 65.8 Å². The molecule has 4 bridgehead atoms. The van der Waals surface area contributed by atoms with Gasteiger partial charge in [0, 0.05) is 10.8 Å². The topological polar surface area (TPSA) is 127 Å². The molecule has 2 aliphatic carbocycles. The number of hydrogen-bond acceptors (Lipinski definition) is 8. The number of fused-ring (bicyclic) bond motifs is 6. The van der Waals surface area contributed by atoms with Gasteiger partial charge in [-0.15, -0.1) is 0 Å². The molecule has 2 saturated heterocycles. The quantitative estimate of drug-likeness (QED) is 0.363. The van der Waals surface area contributed by atoms with Crippen molar-refractivity contribution in [1.29, 1.82) is 0 Å². The van der Waals surface area contributed by atoms with Gasteiger partial charge in [0.15, 0.2) is 11.2 Å². The second kappa shape index (κ2) is 8.22. The molecule has 3 heterocycles. The number of para-hydroxylation sites is 2. The first kappa shape index (κ1) is 28.4. The number of esters is 2. The Hall–Kier alpha value is -4.34. The lowest BCUT2D eigenvalue weighted by atomic mass is 9.66. The second-order valence-corrected chi connectivity index (χ2v) is 14.3. The van der Waals surface area contributed by atoms with Gasteiger partial charge in [-0.2, -0.15) is 0 Å². The van der Waals surface area contributed by atoms with Crippen molar-refractivity contribution in [2.75, 3.05) is 9.80 Å². The fraction of sp³-hybridized carbons (Fsp3) is 0.471. The maximum atomic E-state index is 14.7. The first-order valence-corrected chi connectivity index (χ1v) is 15.0. The predicted molar refractivity (Wildman–Crippen MR) is 156 cm³/mol. The molecule has 4 atom stereocenters. The number of benzene rings is 2. The molecule has 3 aliphatic heterocycles. The minimum absolute atomic E-state index is 0.0297. The fourth-order valence-corrected chi connectivity index (χ4v) is 8.37. The Bertz CT molecular complexity index is 1630. The number of imide groups is 2. The summed E-state index contributed by atoms with van der Waals surface area (Å²) in [5, 5.41) is 0. The lowest BCUT2D eigenvalue weighted by Crippen LogP contribution is -2.59. The van der Waals surface area contributed by atoms with Gasteiger partial charge in [0.05, 0.1) is 33.3 Å². The number of hydrogen-bond donors (Lipinski definition) is 0. The van der Waals surface area contributed by atoms with Gasteiger partial charge in [0.1, 0.15) is 0 Å². The van der Waals surface area contributed by atoms with Gasteiger partial charge in [0.2, 0.25) is 0 Å². The largest absolute Gasteiger partial charge is 0.448 e. The zero-order chi connectivity index (χ0) is 31.8. The van der Waals surface area contributed by atoms with Crippen LogP contribution in [-0.2, 0) is 28.7 Å². The number of nitrogens with zero attached hydrogens (tertiary/aromatic N) is 2. The van der Waals surface area contributed by atoms with Gasteiger partial charge < -0.3 is 9.47 Å². The molecule has 5 aliphatic rings. The Morgan fingerprint density at radius 3 is 1.20 bits per heavy atom. The van der Waals surface area contributed by atoms with Crippen LogP contribution in [0.2, 0.25) is 0 Å². The molecule has 4 fully saturated rings. The van der Waals surface area contributed by atoms with Crippen LogP contribution in [0.25, 0.3) is 0 Å². The molecule has 4 amide bonds. The molecular weight excluding hydrogens is 564 g/mol. The fourth-order valence-electron chi connectivity index (χ4n) is 8.37. The van der Waals surface area contributed by atoms with E-state index in [4.69, 9.17) is 9.47 Å². The summed E-state index contributed by atoms with van der Waals surface area (Å²) in [4.78, 5) is 86.6. The molecule has 0 spiro atoms. The molecular formula is C34H34N2O8. The van der Waals surface area contributed by atoms with Crippen LogP contribution in [0.1, 0.15) is 87.9 Å². The number of carbonyl (C=O) groups excluding carboxylic acids is 6. The Labute approximate surface area is 254 Å². The van der Waals surface area contributed by atoms with Crippen LogP contribution >= 0.6 is 0 Å². The molecule has 10 nitrogen and oxygen atoms in total. The van der Waals surface area contributed by atoms with E-state index in [9.17, 15) is 28.8 Å². The summed E-state index contributed by atoms with van der Waals surface area (Å²) in [7, 11) is 0. The van der Waals surface area contributed by atoms with E-state index in [1.165, 1.54) is 24.3 Å². The highest BCUT2D eigenvalue weighted by Gasteiger charge is 2.78. The van der Waals surface area contributed by atoms with Crippen LogP contribution in [-0.4, -0.2) is 46.8 Å². The molecule has 7 rings (SSSR count). The van der Waals surface area contributed by atoms with E-state index in [0.717, 1.165) is 9.80 Å². The molecule has 44 heavy (non-hydrogen) atoms. The first-order chi connectivity index (χ1) is 20.5. The highest BCUT2D eigenvalue weighted by Crippen LogP contribution is 2.67. The molecule has 228 valence electrons. The summed E-state index contributed by atoms with van der Waals surface area (Å²) in [6, 6.07) is 12.2. The average Bonchev–Trinajstić information content (AvgIpc) is 3.45. The first-order valence-electron chi connectivity index (χ1n) is 15.0. The summed E-state index contributed by atoms with van der Waals surface area (Å²) in [6.45, 7) is 10.7. The Balaban J connectivity index is 1.42. The molecule has 0 N–H and O–H groups in total. The van der Waals surface area contributed by atoms with E-state index >= 15 is 0 Å². The third-order valence-electron chi connectivity index (χ3n) is 12.4. The molecule has 2 saturated carbocycles. The normalized spacial score (nSPS) is 34.2. The van der Waals surface area contributed by atoms with Crippen LogP contribution in [0, 0.1) is 21.7 Å². The van der Waals surface area contributed by atoms with E-state index in [2.05, 4.69) is 0 Å². The molecule has 0 radical (unpaired) electrons. The van der Waals surface area contributed by atoms with Gasteiger partial charge in [-0.1, -0.05) is 52.0 Å². The van der Waals surface area contributed by atoms with Crippen molar-refractivity contribution < 1.29 is 38.2 Å². The van der Waals surface area contributed by atoms with E-state index in [0.29, 0.717) is 12.8 Å². The van der Waals surface area contributed by atoms with Gasteiger partial charge in [0.25, 0.3) is 23.6 Å². The maximum absolute atomic E-state index is 14.7. The highest BCUT2D eigenvalue weighted by molar-refractivity contribution is 6.34. The number of anilines is 2. The van der Waals surface area contributed by atoms with Crippen LogP contribution < -0.4 is 9.80 Å². The van der Waals surface area contributed by atoms with Crippen molar-refractivity contribution in [2.45, 2.75) is 78.4 Å². The third kappa shape index (κ3) is 2.83. The minimum atomic E-state index is -1.64. The summed E-state index contributed by atoms with van der Waals surface area (Å²) < 4.78 is 11.7. The zero-order valence-corrected chi connectivity index (χ0v) is 25.6. The summed E-state index contributed by atoms with van der Waals surface area (Å²) in [5.41, 5.74) is -7.24. The third-order valence-corrected chi connectivity index (χ3v) is 12.4. The smallest absolute Gasteiger partial charge is 0.313 e. The zero-order valence-electron chi connectivity index (χ0n) is 25.6.